The Kier molecular flexibility index (Phi) is 4.00. The van der Waals surface area contributed by atoms with Gasteiger partial charge in [-0.05, 0) is 36.2 Å². The van der Waals surface area contributed by atoms with Crippen LogP contribution in [-0.4, -0.2) is 19.1 Å². The topological polar surface area (TPSA) is 28.2 Å². The van der Waals surface area contributed by atoms with Gasteiger partial charge in [0.05, 0.1) is 5.69 Å². The van der Waals surface area contributed by atoms with Crippen molar-refractivity contribution in [3.63, 3.8) is 0 Å². The second kappa shape index (κ2) is 5.69. The van der Waals surface area contributed by atoms with E-state index in [1.807, 2.05) is 37.2 Å². The Labute approximate surface area is 113 Å². The highest BCUT2D eigenvalue weighted by molar-refractivity contribution is 5.64. The standard InChI is InChI=1S/C15H18FN3/c1-11-9-12(6-7-13(11)16)10-18-14-5-4-8-17-15(14)19(2)3/h4-9,18H,10H2,1-3H3. The van der Waals surface area contributed by atoms with Gasteiger partial charge in [0.25, 0.3) is 0 Å². The van der Waals surface area contributed by atoms with Crippen molar-refractivity contribution >= 4 is 11.5 Å². The van der Waals surface area contributed by atoms with Crippen LogP contribution in [0, 0.1) is 12.7 Å². The molecule has 0 fully saturated rings. The van der Waals surface area contributed by atoms with Crippen LogP contribution < -0.4 is 10.2 Å². The van der Waals surface area contributed by atoms with Gasteiger partial charge in [-0.15, -0.1) is 0 Å². The number of rotatable bonds is 4. The smallest absolute Gasteiger partial charge is 0.151 e. The average Bonchev–Trinajstić information content (AvgIpc) is 2.40. The molecule has 0 bridgehead atoms. The van der Waals surface area contributed by atoms with Gasteiger partial charge in [0.15, 0.2) is 5.82 Å². The molecule has 0 aliphatic carbocycles. The first-order chi connectivity index (χ1) is 9.08. The van der Waals surface area contributed by atoms with Gasteiger partial charge in [0, 0.05) is 26.8 Å². The van der Waals surface area contributed by atoms with Crippen molar-refractivity contribution in [3.8, 4) is 0 Å². The molecule has 2 aromatic rings. The SMILES string of the molecule is Cc1cc(CNc2cccnc2N(C)C)ccc1F. The van der Waals surface area contributed by atoms with Gasteiger partial charge in [0.1, 0.15) is 5.82 Å². The summed E-state index contributed by atoms with van der Waals surface area (Å²) in [6.45, 7) is 2.42. The summed E-state index contributed by atoms with van der Waals surface area (Å²) >= 11 is 0. The number of aromatic nitrogens is 1. The highest BCUT2D eigenvalue weighted by Gasteiger charge is 2.05. The van der Waals surface area contributed by atoms with Crippen molar-refractivity contribution in [1.82, 2.24) is 4.98 Å². The molecule has 0 aliphatic rings. The lowest BCUT2D eigenvalue weighted by atomic mass is 10.1. The van der Waals surface area contributed by atoms with E-state index in [1.54, 1.807) is 19.2 Å². The molecule has 1 aromatic heterocycles. The molecule has 0 saturated heterocycles. The molecule has 0 saturated carbocycles. The maximum Gasteiger partial charge on any atom is 0.151 e. The number of aryl methyl sites for hydroxylation is 1. The maximum absolute atomic E-state index is 13.2. The second-order valence-electron chi connectivity index (χ2n) is 4.71. The molecule has 0 spiro atoms. The molecule has 1 N–H and O–H groups in total. The van der Waals surface area contributed by atoms with Gasteiger partial charge in [-0.25, -0.2) is 9.37 Å². The summed E-state index contributed by atoms with van der Waals surface area (Å²) < 4.78 is 13.2. The van der Waals surface area contributed by atoms with E-state index in [1.165, 1.54) is 6.07 Å². The fourth-order valence-corrected chi connectivity index (χ4v) is 1.91. The average molecular weight is 259 g/mol. The van der Waals surface area contributed by atoms with Gasteiger partial charge in [0.2, 0.25) is 0 Å². The number of nitrogens with one attached hydrogen (secondary N) is 1. The molecule has 19 heavy (non-hydrogen) atoms. The van der Waals surface area contributed by atoms with Gasteiger partial charge in [-0.2, -0.15) is 0 Å². The third-order valence-corrected chi connectivity index (χ3v) is 2.92. The first-order valence-corrected chi connectivity index (χ1v) is 6.19. The highest BCUT2D eigenvalue weighted by Crippen LogP contribution is 2.21. The lowest BCUT2D eigenvalue weighted by molar-refractivity contribution is 0.617. The summed E-state index contributed by atoms with van der Waals surface area (Å²) in [6, 6.07) is 9.03. The normalized spacial score (nSPS) is 10.3. The van der Waals surface area contributed by atoms with Crippen LogP contribution in [0.5, 0.6) is 0 Å². The van der Waals surface area contributed by atoms with E-state index in [9.17, 15) is 4.39 Å². The number of benzene rings is 1. The maximum atomic E-state index is 13.2. The Morgan fingerprint density at radius 3 is 2.74 bits per heavy atom. The highest BCUT2D eigenvalue weighted by atomic mass is 19.1. The predicted molar refractivity (Wildman–Crippen MR) is 77.0 cm³/mol. The van der Waals surface area contributed by atoms with Gasteiger partial charge in [-0.1, -0.05) is 12.1 Å². The van der Waals surface area contributed by atoms with Crippen LogP contribution in [0.1, 0.15) is 11.1 Å². The Balaban J connectivity index is 2.12. The Morgan fingerprint density at radius 2 is 2.05 bits per heavy atom. The number of pyridine rings is 1. The zero-order valence-electron chi connectivity index (χ0n) is 11.4. The molecular weight excluding hydrogens is 241 g/mol. The Morgan fingerprint density at radius 1 is 1.26 bits per heavy atom. The summed E-state index contributed by atoms with van der Waals surface area (Å²) in [5, 5.41) is 3.33. The van der Waals surface area contributed by atoms with Gasteiger partial charge < -0.3 is 10.2 Å². The van der Waals surface area contributed by atoms with Crippen molar-refractivity contribution in [2.45, 2.75) is 13.5 Å². The van der Waals surface area contributed by atoms with Crippen molar-refractivity contribution in [1.29, 1.82) is 0 Å². The van der Waals surface area contributed by atoms with E-state index < -0.39 is 0 Å². The molecule has 4 heteroatoms. The predicted octanol–water partition coefficient (Wildman–Crippen LogP) is 3.21. The van der Waals surface area contributed by atoms with Crippen LogP contribution in [0.3, 0.4) is 0 Å². The molecular formula is C15H18FN3. The molecule has 3 nitrogen and oxygen atoms in total. The van der Waals surface area contributed by atoms with Crippen molar-refractivity contribution in [3.05, 3.63) is 53.5 Å². The zero-order chi connectivity index (χ0) is 13.8. The zero-order valence-corrected chi connectivity index (χ0v) is 11.4. The van der Waals surface area contributed by atoms with Crippen LogP contribution in [0.2, 0.25) is 0 Å². The lowest BCUT2D eigenvalue weighted by Gasteiger charge is -2.17. The van der Waals surface area contributed by atoms with Crippen LogP contribution in [-0.2, 0) is 6.54 Å². The van der Waals surface area contributed by atoms with Crippen LogP contribution >= 0.6 is 0 Å². The van der Waals surface area contributed by atoms with E-state index >= 15 is 0 Å². The van der Waals surface area contributed by atoms with Crippen molar-refractivity contribution in [2.24, 2.45) is 0 Å². The number of hydrogen-bond acceptors (Lipinski definition) is 3. The molecule has 100 valence electrons. The van der Waals surface area contributed by atoms with Crippen LogP contribution in [0.4, 0.5) is 15.9 Å². The molecule has 0 unspecified atom stereocenters. The molecule has 2 rings (SSSR count). The fourth-order valence-electron chi connectivity index (χ4n) is 1.91. The van der Waals surface area contributed by atoms with Crippen molar-refractivity contribution in [2.75, 3.05) is 24.3 Å². The minimum absolute atomic E-state index is 0.167. The van der Waals surface area contributed by atoms with Crippen molar-refractivity contribution < 1.29 is 4.39 Å². The first-order valence-electron chi connectivity index (χ1n) is 6.19. The van der Waals surface area contributed by atoms with Gasteiger partial charge >= 0.3 is 0 Å². The molecule has 0 atom stereocenters. The first kappa shape index (κ1) is 13.3. The number of halogens is 1. The Hall–Kier alpha value is -2.10. The third-order valence-electron chi connectivity index (χ3n) is 2.92. The minimum Gasteiger partial charge on any atom is -0.378 e. The van der Waals surface area contributed by atoms with E-state index in [0.29, 0.717) is 12.1 Å². The molecule has 1 aromatic carbocycles. The minimum atomic E-state index is -0.167. The number of anilines is 2. The lowest BCUT2D eigenvalue weighted by Crippen LogP contribution is -2.13. The molecule has 0 amide bonds. The van der Waals surface area contributed by atoms with E-state index in [2.05, 4.69) is 10.3 Å². The van der Waals surface area contributed by atoms with E-state index in [4.69, 9.17) is 0 Å². The van der Waals surface area contributed by atoms with Crippen LogP contribution in [0.25, 0.3) is 0 Å². The van der Waals surface area contributed by atoms with E-state index in [0.717, 1.165) is 17.1 Å². The summed E-state index contributed by atoms with van der Waals surface area (Å²) in [6.07, 6.45) is 1.77. The molecule has 0 aliphatic heterocycles. The second-order valence-corrected chi connectivity index (χ2v) is 4.71. The fraction of sp³-hybridized carbons (Fsp3) is 0.267. The number of nitrogens with zero attached hydrogens (tertiary/aromatic N) is 2. The number of hydrogen-bond donors (Lipinski definition) is 1. The van der Waals surface area contributed by atoms with E-state index in [-0.39, 0.29) is 5.82 Å². The quantitative estimate of drug-likeness (QED) is 0.914. The summed E-state index contributed by atoms with van der Waals surface area (Å²) in [5.41, 5.74) is 2.68. The van der Waals surface area contributed by atoms with Gasteiger partial charge in [-0.3, -0.25) is 0 Å². The summed E-state index contributed by atoms with van der Waals surface area (Å²) in [4.78, 5) is 6.28. The monoisotopic (exact) mass is 259 g/mol. The Bertz CT molecular complexity index is 567. The molecule has 1 heterocycles. The molecule has 0 radical (unpaired) electrons. The third kappa shape index (κ3) is 3.22. The largest absolute Gasteiger partial charge is 0.378 e. The summed E-state index contributed by atoms with van der Waals surface area (Å²) in [7, 11) is 3.91. The van der Waals surface area contributed by atoms with Crippen LogP contribution in [0.15, 0.2) is 36.5 Å². The summed E-state index contributed by atoms with van der Waals surface area (Å²) in [5.74, 6) is 0.723.